The molecule has 0 atom stereocenters. The molecule has 2 fully saturated rings. The van der Waals surface area contributed by atoms with Crippen molar-refractivity contribution in [3.63, 3.8) is 0 Å². The van der Waals surface area contributed by atoms with Gasteiger partial charge in [0.15, 0.2) is 0 Å². The Bertz CT molecular complexity index is 1610. The monoisotopic (exact) mass is 663 g/mol. The van der Waals surface area contributed by atoms with Crippen LogP contribution in [-0.2, 0) is 6.54 Å². The Labute approximate surface area is 270 Å². The van der Waals surface area contributed by atoms with Crippen molar-refractivity contribution < 1.29 is 35.9 Å². The van der Waals surface area contributed by atoms with Crippen molar-refractivity contribution >= 4 is 28.2 Å². The molecule has 1 saturated carbocycles. The largest absolute Gasteiger partial charge is 0.495 e. The number of ether oxygens (including phenoxy) is 1. The number of nitrogens with one attached hydrogen (secondary N) is 3. The Morgan fingerprint density at radius 3 is 2.32 bits per heavy atom. The van der Waals surface area contributed by atoms with Crippen LogP contribution in [-0.4, -0.2) is 73.6 Å². The highest BCUT2D eigenvalue weighted by Gasteiger charge is 2.42. The summed E-state index contributed by atoms with van der Waals surface area (Å²) in [6.45, 7) is -0.167. The van der Waals surface area contributed by atoms with Crippen molar-refractivity contribution in [1.29, 1.82) is 0 Å². The minimum absolute atomic E-state index is 0.0963. The lowest BCUT2D eigenvalue weighted by Gasteiger charge is -2.41. The fraction of sp³-hybridized carbons (Fsp3) is 0.500. The molecule has 2 aromatic carbocycles. The summed E-state index contributed by atoms with van der Waals surface area (Å²) in [5.41, 5.74) is 2.36. The number of halogens is 6. The van der Waals surface area contributed by atoms with Crippen LogP contribution in [0.4, 0.5) is 37.7 Å². The van der Waals surface area contributed by atoms with Gasteiger partial charge in [0.05, 0.1) is 36.5 Å². The zero-order chi connectivity index (χ0) is 33.8. The smallest absolute Gasteiger partial charge is 0.406 e. The molecule has 1 amide bonds. The summed E-state index contributed by atoms with van der Waals surface area (Å²) in [7, 11) is 2.99. The molecule has 1 aliphatic carbocycles. The molecule has 2 heterocycles. The van der Waals surface area contributed by atoms with Crippen LogP contribution in [0.5, 0.6) is 5.75 Å². The van der Waals surface area contributed by atoms with Gasteiger partial charge >= 0.3 is 12.4 Å². The number of amides is 1. The molecule has 47 heavy (non-hydrogen) atoms. The third-order valence-corrected chi connectivity index (χ3v) is 9.12. The van der Waals surface area contributed by atoms with E-state index in [1.165, 1.54) is 18.7 Å². The predicted octanol–water partition coefficient (Wildman–Crippen LogP) is 7.03. The lowest BCUT2D eigenvalue weighted by atomic mass is 9.87. The molecule has 1 aliphatic heterocycles. The summed E-state index contributed by atoms with van der Waals surface area (Å²) >= 11 is 0. The van der Waals surface area contributed by atoms with E-state index in [4.69, 9.17) is 4.74 Å². The van der Waals surface area contributed by atoms with Gasteiger partial charge in [-0.15, -0.1) is 0 Å². The van der Waals surface area contributed by atoms with Gasteiger partial charge in [-0.2, -0.15) is 26.3 Å². The fourth-order valence-corrected chi connectivity index (χ4v) is 6.66. The quantitative estimate of drug-likeness (QED) is 0.178. The summed E-state index contributed by atoms with van der Waals surface area (Å²) in [6.07, 6.45) is -4.99. The van der Waals surface area contributed by atoms with E-state index in [1.54, 1.807) is 36.4 Å². The Balaban J connectivity index is 1.27. The zero-order valence-corrected chi connectivity index (χ0v) is 26.3. The summed E-state index contributed by atoms with van der Waals surface area (Å²) in [5, 5.41) is 9.81. The number of rotatable bonds is 8. The van der Waals surface area contributed by atoms with Crippen molar-refractivity contribution in [3.8, 4) is 17.6 Å². The lowest BCUT2D eigenvalue weighted by molar-refractivity contribution is -0.186. The summed E-state index contributed by atoms with van der Waals surface area (Å²) in [4.78, 5) is 14.1. The van der Waals surface area contributed by atoms with Crippen molar-refractivity contribution in [1.82, 2.24) is 14.8 Å². The van der Waals surface area contributed by atoms with Gasteiger partial charge in [0.1, 0.15) is 12.3 Å². The minimum Gasteiger partial charge on any atom is -0.495 e. The number of hydrogen-bond acceptors (Lipinski definition) is 5. The van der Waals surface area contributed by atoms with Gasteiger partial charge in [-0.3, -0.25) is 4.79 Å². The van der Waals surface area contributed by atoms with Crippen LogP contribution < -0.4 is 20.7 Å². The second-order valence-electron chi connectivity index (χ2n) is 12.1. The van der Waals surface area contributed by atoms with E-state index in [-0.39, 0.29) is 43.1 Å². The first-order chi connectivity index (χ1) is 22.4. The van der Waals surface area contributed by atoms with Crippen LogP contribution in [0.3, 0.4) is 0 Å². The number of alkyl halides is 6. The third kappa shape index (κ3) is 8.46. The van der Waals surface area contributed by atoms with Crippen molar-refractivity contribution in [3.05, 3.63) is 53.7 Å². The number of methoxy groups -OCH3 is 1. The normalized spacial score (nSPS) is 19.6. The average Bonchev–Trinajstić information content (AvgIpc) is 3.39. The van der Waals surface area contributed by atoms with Gasteiger partial charge in [0, 0.05) is 35.8 Å². The van der Waals surface area contributed by atoms with Gasteiger partial charge in [0.2, 0.25) is 0 Å². The maximum Gasteiger partial charge on any atom is 0.406 e. The molecule has 0 unspecified atom stereocenters. The molecule has 254 valence electrons. The molecule has 13 heteroatoms. The Morgan fingerprint density at radius 2 is 1.68 bits per heavy atom. The van der Waals surface area contributed by atoms with E-state index in [9.17, 15) is 31.1 Å². The standard InChI is InChI=1S/C34H39F6N5O2/c1-41-32(46)22-8-13-29(31(19-22)47-2)42-16-4-5-26-20-27-28(6-3-7-30(27)45(26)21-33(35,36)37)43-24-9-11-25(12-10-24)44-17-14-23(15-18-44)34(38,39)40/h3,6-8,13,19-20,23-25,42-43H,9-12,14-18,21H2,1-2H3,(H,41,46). The van der Waals surface area contributed by atoms with Gasteiger partial charge in [-0.1, -0.05) is 12.0 Å². The Kier molecular flexibility index (Phi) is 10.5. The molecule has 1 aromatic heterocycles. The number of hydrogen-bond donors (Lipinski definition) is 3. The number of aromatic nitrogens is 1. The molecule has 7 nitrogen and oxygen atoms in total. The second kappa shape index (κ2) is 14.4. The third-order valence-electron chi connectivity index (χ3n) is 9.12. The molecule has 3 aromatic rings. The van der Waals surface area contributed by atoms with Gasteiger partial charge in [-0.25, -0.2) is 0 Å². The van der Waals surface area contributed by atoms with E-state index < -0.39 is 24.8 Å². The molecule has 1 saturated heterocycles. The SMILES string of the molecule is CNC(=O)c1ccc(NCC#Cc2cc3c(NC4CCC(N5CCC(C(F)(F)F)CC5)CC4)cccc3n2CC(F)(F)F)c(OC)c1. The van der Waals surface area contributed by atoms with E-state index in [0.717, 1.165) is 31.4 Å². The highest BCUT2D eigenvalue weighted by atomic mass is 19.4. The predicted molar refractivity (Wildman–Crippen MR) is 170 cm³/mol. The maximum atomic E-state index is 13.7. The van der Waals surface area contributed by atoms with E-state index >= 15 is 0 Å². The van der Waals surface area contributed by atoms with Crippen LogP contribution >= 0.6 is 0 Å². The average molecular weight is 664 g/mol. The van der Waals surface area contributed by atoms with Crippen molar-refractivity contribution in [2.75, 3.05) is 44.4 Å². The number of nitrogens with zero attached hydrogens (tertiary/aromatic N) is 2. The van der Waals surface area contributed by atoms with Crippen LogP contribution in [0.15, 0.2) is 42.5 Å². The number of piperidine rings is 1. The molecule has 5 rings (SSSR count). The van der Waals surface area contributed by atoms with Crippen molar-refractivity contribution in [2.45, 2.75) is 69.5 Å². The number of benzene rings is 2. The summed E-state index contributed by atoms with van der Waals surface area (Å²) in [6, 6.07) is 12.1. The van der Waals surface area contributed by atoms with Crippen LogP contribution in [0.25, 0.3) is 10.9 Å². The van der Waals surface area contributed by atoms with Crippen LogP contribution in [0.1, 0.15) is 54.6 Å². The van der Waals surface area contributed by atoms with Gasteiger partial charge in [0.25, 0.3) is 5.91 Å². The van der Waals surface area contributed by atoms with Crippen LogP contribution in [0, 0.1) is 17.8 Å². The first kappa shape index (κ1) is 34.3. The number of fused-ring (bicyclic) bond motifs is 1. The topological polar surface area (TPSA) is 70.6 Å². The van der Waals surface area contributed by atoms with Crippen LogP contribution in [0.2, 0.25) is 0 Å². The van der Waals surface area contributed by atoms with E-state index in [2.05, 4.69) is 32.7 Å². The molecular formula is C34H39F6N5O2. The molecule has 2 aliphatic rings. The van der Waals surface area contributed by atoms with Crippen molar-refractivity contribution in [2.24, 2.45) is 5.92 Å². The Morgan fingerprint density at radius 1 is 0.957 bits per heavy atom. The first-order valence-corrected chi connectivity index (χ1v) is 15.8. The first-order valence-electron chi connectivity index (χ1n) is 15.8. The van der Waals surface area contributed by atoms with E-state index in [1.807, 2.05) is 6.07 Å². The molecule has 3 N–H and O–H groups in total. The minimum atomic E-state index is -4.46. The number of carbonyl (C=O) groups is 1. The lowest BCUT2D eigenvalue weighted by Crippen LogP contribution is -2.46. The van der Waals surface area contributed by atoms with Gasteiger partial charge < -0.3 is 30.2 Å². The molecular weight excluding hydrogens is 624 g/mol. The fourth-order valence-electron chi connectivity index (χ4n) is 6.66. The molecule has 0 radical (unpaired) electrons. The second-order valence-corrected chi connectivity index (χ2v) is 12.1. The number of anilines is 2. The number of carbonyl (C=O) groups excluding carboxylic acids is 1. The Hall–Kier alpha value is -4.05. The van der Waals surface area contributed by atoms with E-state index in [0.29, 0.717) is 41.0 Å². The summed E-state index contributed by atoms with van der Waals surface area (Å²) < 4.78 is 86.8. The molecule has 0 spiro atoms. The molecule has 0 bridgehead atoms. The summed E-state index contributed by atoms with van der Waals surface area (Å²) in [5.74, 6) is 4.75. The van der Waals surface area contributed by atoms with Gasteiger partial charge in [-0.05, 0) is 93.9 Å². The zero-order valence-electron chi connectivity index (χ0n) is 26.3. The highest BCUT2D eigenvalue weighted by molar-refractivity contribution is 5.95. The maximum absolute atomic E-state index is 13.7. The highest BCUT2D eigenvalue weighted by Crippen LogP contribution is 2.37. The number of likely N-dealkylation sites (tertiary alicyclic amines) is 1.